The van der Waals surface area contributed by atoms with Crippen molar-refractivity contribution in [2.45, 2.75) is 39.2 Å². The summed E-state index contributed by atoms with van der Waals surface area (Å²) in [6, 6.07) is 6.22. The van der Waals surface area contributed by atoms with E-state index in [0.29, 0.717) is 11.8 Å². The van der Waals surface area contributed by atoms with E-state index in [1.807, 2.05) is 6.07 Å². The molecule has 0 amide bonds. The minimum atomic E-state index is 0.232. The van der Waals surface area contributed by atoms with Gasteiger partial charge in [0.15, 0.2) is 0 Å². The Kier molecular flexibility index (Phi) is 4.48. The average Bonchev–Trinajstić information content (AvgIpc) is 2.79. The van der Waals surface area contributed by atoms with E-state index in [-0.39, 0.29) is 5.41 Å². The zero-order valence-corrected chi connectivity index (χ0v) is 12.2. The lowest BCUT2D eigenvalue weighted by Crippen LogP contribution is -2.32. The molecule has 0 aliphatic heterocycles. The maximum atomic E-state index is 9.85. The predicted octanol–water partition coefficient (Wildman–Crippen LogP) is 3.03. The molecule has 0 bridgehead atoms. The first-order valence-corrected chi connectivity index (χ1v) is 7.06. The summed E-state index contributed by atoms with van der Waals surface area (Å²) in [4.78, 5) is 0. The third kappa shape index (κ3) is 3.48. The summed E-state index contributed by atoms with van der Waals surface area (Å²) < 4.78 is 5.16. The number of ether oxygens (including phenoxy) is 1. The van der Waals surface area contributed by atoms with Gasteiger partial charge >= 0.3 is 0 Å². The highest BCUT2D eigenvalue weighted by Crippen LogP contribution is 2.36. The fourth-order valence-corrected chi connectivity index (χ4v) is 2.71. The maximum Gasteiger partial charge on any atom is 0.119 e. The van der Waals surface area contributed by atoms with Crippen LogP contribution in [0.4, 0.5) is 0 Å². The Bertz CT molecular complexity index is 429. The van der Waals surface area contributed by atoms with Gasteiger partial charge in [-0.05, 0) is 41.9 Å². The average molecular weight is 263 g/mol. The van der Waals surface area contributed by atoms with Crippen LogP contribution in [0.2, 0.25) is 0 Å². The Morgan fingerprint density at radius 2 is 2.21 bits per heavy atom. The second kappa shape index (κ2) is 5.93. The van der Waals surface area contributed by atoms with E-state index in [2.05, 4.69) is 25.2 Å². The Labute approximate surface area is 116 Å². The van der Waals surface area contributed by atoms with Crippen molar-refractivity contribution in [3.05, 3.63) is 29.3 Å². The molecule has 1 aliphatic rings. The number of rotatable bonds is 6. The molecule has 19 heavy (non-hydrogen) atoms. The van der Waals surface area contributed by atoms with Crippen LogP contribution >= 0.6 is 0 Å². The van der Waals surface area contributed by atoms with Gasteiger partial charge in [-0.1, -0.05) is 26.0 Å². The van der Waals surface area contributed by atoms with Gasteiger partial charge in [-0.25, -0.2) is 0 Å². The van der Waals surface area contributed by atoms with Crippen molar-refractivity contribution in [2.75, 3.05) is 20.3 Å². The van der Waals surface area contributed by atoms with Gasteiger partial charge in [0.1, 0.15) is 5.75 Å². The molecule has 0 saturated carbocycles. The quantitative estimate of drug-likeness (QED) is 0.829. The van der Waals surface area contributed by atoms with Crippen molar-refractivity contribution in [3.8, 4) is 5.75 Å². The number of hydrogen-bond donors (Lipinski definition) is 2. The second-order valence-corrected chi connectivity index (χ2v) is 6.22. The molecule has 2 N–H and O–H groups in total. The predicted molar refractivity (Wildman–Crippen MR) is 77.4 cm³/mol. The summed E-state index contributed by atoms with van der Waals surface area (Å²) in [6.45, 7) is 6.29. The summed E-state index contributed by atoms with van der Waals surface area (Å²) in [5.74, 6) is 0.445. The van der Waals surface area contributed by atoms with Gasteiger partial charge in [-0.15, -0.1) is 0 Å². The minimum Gasteiger partial charge on any atom is -0.508 e. The molecule has 106 valence electrons. The highest BCUT2D eigenvalue weighted by Gasteiger charge is 2.26. The molecule has 0 fully saturated rings. The van der Waals surface area contributed by atoms with Crippen molar-refractivity contribution < 1.29 is 9.84 Å². The molecule has 2 rings (SSSR count). The Balaban J connectivity index is 1.94. The van der Waals surface area contributed by atoms with Gasteiger partial charge in [0.25, 0.3) is 0 Å². The Morgan fingerprint density at radius 1 is 1.42 bits per heavy atom. The number of hydrogen-bond acceptors (Lipinski definition) is 3. The molecule has 1 unspecified atom stereocenters. The Morgan fingerprint density at radius 3 is 2.95 bits per heavy atom. The van der Waals surface area contributed by atoms with Gasteiger partial charge in [-0.3, -0.25) is 0 Å². The molecule has 1 atom stereocenters. The second-order valence-electron chi connectivity index (χ2n) is 6.22. The van der Waals surface area contributed by atoms with E-state index in [1.54, 1.807) is 13.2 Å². The van der Waals surface area contributed by atoms with Crippen LogP contribution in [-0.2, 0) is 11.2 Å². The minimum absolute atomic E-state index is 0.232. The standard InChI is InChI=1S/C16H25NO2/c1-16(2,9-10-19-3)11-17-14-8-7-13-12(14)5-4-6-15(13)18/h4-6,14,17-18H,7-11H2,1-3H3. The van der Waals surface area contributed by atoms with Crippen LogP contribution in [0, 0.1) is 5.41 Å². The van der Waals surface area contributed by atoms with Gasteiger partial charge in [0, 0.05) is 26.3 Å². The third-order valence-electron chi connectivity index (χ3n) is 4.06. The van der Waals surface area contributed by atoms with Crippen molar-refractivity contribution >= 4 is 0 Å². The molecular weight excluding hydrogens is 238 g/mol. The number of aromatic hydroxyl groups is 1. The Hall–Kier alpha value is -1.06. The third-order valence-corrected chi connectivity index (χ3v) is 4.06. The summed E-state index contributed by atoms with van der Waals surface area (Å²) in [7, 11) is 1.75. The van der Waals surface area contributed by atoms with Crippen LogP contribution in [0.5, 0.6) is 5.75 Å². The smallest absolute Gasteiger partial charge is 0.119 e. The van der Waals surface area contributed by atoms with Crippen molar-refractivity contribution in [1.29, 1.82) is 0 Å². The fraction of sp³-hybridized carbons (Fsp3) is 0.625. The number of phenols is 1. The summed E-state index contributed by atoms with van der Waals surface area (Å²) in [6.07, 6.45) is 3.10. The number of phenolic OH excluding ortho intramolecular Hbond substituents is 1. The molecule has 1 aromatic carbocycles. The lowest BCUT2D eigenvalue weighted by Gasteiger charge is -2.27. The highest BCUT2D eigenvalue weighted by molar-refractivity contribution is 5.44. The normalized spacial score (nSPS) is 18.6. The summed E-state index contributed by atoms with van der Waals surface area (Å²) in [5, 5.41) is 13.5. The van der Waals surface area contributed by atoms with E-state index in [4.69, 9.17) is 4.74 Å². The van der Waals surface area contributed by atoms with Gasteiger partial charge in [-0.2, -0.15) is 0 Å². The van der Waals surface area contributed by atoms with E-state index < -0.39 is 0 Å². The van der Waals surface area contributed by atoms with E-state index in [9.17, 15) is 5.11 Å². The van der Waals surface area contributed by atoms with E-state index >= 15 is 0 Å². The molecule has 0 saturated heterocycles. The van der Waals surface area contributed by atoms with Crippen LogP contribution < -0.4 is 5.32 Å². The monoisotopic (exact) mass is 263 g/mol. The number of fused-ring (bicyclic) bond motifs is 1. The van der Waals surface area contributed by atoms with Crippen molar-refractivity contribution in [2.24, 2.45) is 5.41 Å². The zero-order valence-electron chi connectivity index (χ0n) is 12.2. The maximum absolute atomic E-state index is 9.85. The fourth-order valence-electron chi connectivity index (χ4n) is 2.71. The molecular formula is C16H25NO2. The lowest BCUT2D eigenvalue weighted by molar-refractivity contribution is 0.149. The molecule has 0 radical (unpaired) electrons. The molecule has 0 spiro atoms. The van der Waals surface area contributed by atoms with Crippen molar-refractivity contribution in [3.63, 3.8) is 0 Å². The van der Waals surface area contributed by atoms with Crippen LogP contribution in [0.1, 0.15) is 43.9 Å². The van der Waals surface area contributed by atoms with Gasteiger partial charge in [0.2, 0.25) is 0 Å². The topological polar surface area (TPSA) is 41.5 Å². The summed E-state index contributed by atoms with van der Waals surface area (Å²) >= 11 is 0. The van der Waals surface area contributed by atoms with Crippen LogP contribution in [0.15, 0.2) is 18.2 Å². The van der Waals surface area contributed by atoms with Gasteiger partial charge in [0.05, 0.1) is 0 Å². The molecule has 1 aliphatic carbocycles. The molecule has 0 aromatic heterocycles. The number of nitrogens with one attached hydrogen (secondary N) is 1. The number of benzene rings is 1. The summed E-state index contributed by atoms with van der Waals surface area (Å²) in [5.41, 5.74) is 2.62. The zero-order chi connectivity index (χ0) is 13.9. The van der Waals surface area contributed by atoms with E-state index in [1.165, 1.54) is 5.56 Å². The first kappa shape index (κ1) is 14.4. The first-order valence-electron chi connectivity index (χ1n) is 7.06. The van der Waals surface area contributed by atoms with Crippen LogP contribution in [-0.4, -0.2) is 25.4 Å². The highest BCUT2D eigenvalue weighted by atomic mass is 16.5. The van der Waals surface area contributed by atoms with Crippen LogP contribution in [0.25, 0.3) is 0 Å². The van der Waals surface area contributed by atoms with Gasteiger partial charge < -0.3 is 15.2 Å². The SMILES string of the molecule is COCCC(C)(C)CNC1CCc2c(O)cccc21. The molecule has 0 heterocycles. The van der Waals surface area contributed by atoms with Crippen LogP contribution in [0.3, 0.4) is 0 Å². The first-order chi connectivity index (χ1) is 9.03. The number of methoxy groups -OCH3 is 1. The molecule has 3 heteroatoms. The van der Waals surface area contributed by atoms with Crippen molar-refractivity contribution in [1.82, 2.24) is 5.32 Å². The lowest BCUT2D eigenvalue weighted by atomic mass is 9.89. The molecule has 3 nitrogen and oxygen atoms in total. The largest absolute Gasteiger partial charge is 0.508 e. The van der Waals surface area contributed by atoms with E-state index in [0.717, 1.165) is 38.0 Å². The molecule has 1 aromatic rings.